The molecule has 1 aliphatic heterocycles. The van der Waals surface area contributed by atoms with Gasteiger partial charge in [0, 0.05) is 26.6 Å². The van der Waals surface area contributed by atoms with Crippen LogP contribution >= 0.6 is 0 Å². The fourth-order valence-electron chi connectivity index (χ4n) is 4.89. The standard InChI is InChI=1S/C32H44O4Si2/c1-31(2,3)38(27-17-11-8-12-18-27,28-19-13-9-14-20-28)35-25-16-10-15-21-30-29(33)22-23-32(34-4,36-30)24-26-37(5,6)7/h8-9,11-15,17-21,30H,10,16,22-23,25H2,1-7H3/b21-15+/t30-,32-/m1/s1. The fraction of sp³-hybridized carbons (Fsp3) is 0.469. The molecule has 2 aromatic rings. The van der Waals surface area contributed by atoms with Crippen LogP contribution in [0.1, 0.15) is 46.5 Å². The molecule has 6 heteroatoms. The van der Waals surface area contributed by atoms with Gasteiger partial charge in [-0.1, -0.05) is 113 Å². The first-order valence-corrected chi connectivity index (χ1v) is 19.0. The number of hydrogen-bond donors (Lipinski definition) is 0. The van der Waals surface area contributed by atoms with Gasteiger partial charge in [-0.3, -0.25) is 4.79 Å². The molecule has 0 N–H and O–H groups in total. The number of carbonyl (C=O) groups is 1. The zero-order valence-corrected chi connectivity index (χ0v) is 26.2. The van der Waals surface area contributed by atoms with Crippen LogP contribution in [0.5, 0.6) is 0 Å². The molecule has 38 heavy (non-hydrogen) atoms. The topological polar surface area (TPSA) is 44.8 Å². The van der Waals surface area contributed by atoms with Crippen molar-refractivity contribution in [2.24, 2.45) is 0 Å². The number of allylic oxidation sites excluding steroid dienone is 1. The van der Waals surface area contributed by atoms with Crippen molar-refractivity contribution in [1.29, 1.82) is 0 Å². The quantitative estimate of drug-likeness (QED) is 0.170. The summed E-state index contributed by atoms with van der Waals surface area (Å²) in [6.45, 7) is 14.1. The number of unbranched alkanes of at least 4 members (excludes halogenated alkanes) is 1. The Labute approximate surface area is 231 Å². The molecule has 0 amide bonds. The van der Waals surface area contributed by atoms with Gasteiger partial charge in [0.05, 0.1) is 0 Å². The maximum atomic E-state index is 12.6. The van der Waals surface area contributed by atoms with Gasteiger partial charge in [-0.2, -0.15) is 0 Å². The van der Waals surface area contributed by atoms with E-state index in [1.54, 1.807) is 7.11 Å². The van der Waals surface area contributed by atoms with Gasteiger partial charge in [-0.05, 0) is 34.2 Å². The second-order valence-corrected chi connectivity index (χ2v) is 21.1. The van der Waals surface area contributed by atoms with Gasteiger partial charge in [0.25, 0.3) is 8.32 Å². The Hall–Kier alpha value is -2.28. The second-order valence-electron chi connectivity index (χ2n) is 12.0. The first-order valence-electron chi connectivity index (χ1n) is 13.6. The van der Waals surface area contributed by atoms with E-state index in [1.807, 2.05) is 12.2 Å². The largest absolute Gasteiger partial charge is 0.407 e. The molecule has 0 aliphatic carbocycles. The summed E-state index contributed by atoms with van der Waals surface area (Å²) >= 11 is 0. The number of Topliss-reactive ketones (excluding diaryl/α,β-unsaturated/α-hetero) is 1. The molecule has 0 spiro atoms. The zero-order chi connectivity index (χ0) is 27.9. The van der Waals surface area contributed by atoms with E-state index < -0.39 is 28.3 Å². The van der Waals surface area contributed by atoms with Gasteiger partial charge in [-0.25, -0.2) is 0 Å². The SMILES string of the molecule is CO[C@]1(C#C[Si](C)(C)C)CCC(=O)[C@@H](/C=C/CCCO[Si](c2ccccc2)(c2ccccc2)C(C)(C)C)O1. The van der Waals surface area contributed by atoms with Crippen LogP contribution in [-0.4, -0.2) is 47.8 Å². The van der Waals surface area contributed by atoms with Crippen molar-refractivity contribution < 1.29 is 18.7 Å². The van der Waals surface area contributed by atoms with Crippen molar-refractivity contribution in [3.8, 4) is 11.5 Å². The third-order valence-corrected chi connectivity index (χ3v) is 12.8. The van der Waals surface area contributed by atoms with Gasteiger partial charge >= 0.3 is 0 Å². The van der Waals surface area contributed by atoms with E-state index in [0.29, 0.717) is 19.4 Å². The molecule has 1 saturated heterocycles. The van der Waals surface area contributed by atoms with Crippen LogP contribution in [-0.2, 0) is 18.7 Å². The van der Waals surface area contributed by atoms with E-state index in [4.69, 9.17) is 13.9 Å². The van der Waals surface area contributed by atoms with Gasteiger partial charge in [0.15, 0.2) is 5.78 Å². The van der Waals surface area contributed by atoms with E-state index >= 15 is 0 Å². The average Bonchev–Trinajstić information content (AvgIpc) is 2.88. The molecule has 2 atom stereocenters. The Morgan fingerprint density at radius 2 is 1.61 bits per heavy atom. The molecule has 0 aromatic heterocycles. The summed E-state index contributed by atoms with van der Waals surface area (Å²) in [5.41, 5.74) is 3.35. The Bertz CT molecular complexity index is 1100. The van der Waals surface area contributed by atoms with E-state index in [1.165, 1.54) is 10.4 Å². The molecule has 204 valence electrons. The molecule has 0 saturated carbocycles. The van der Waals surface area contributed by atoms with Crippen molar-refractivity contribution in [3.63, 3.8) is 0 Å². The highest BCUT2D eigenvalue weighted by Gasteiger charge is 2.50. The summed E-state index contributed by atoms with van der Waals surface area (Å²) in [6.07, 6.45) is 5.80. The number of rotatable bonds is 9. The number of hydrogen-bond acceptors (Lipinski definition) is 4. The summed E-state index contributed by atoms with van der Waals surface area (Å²) in [5, 5.41) is 2.52. The van der Waals surface area contributed by atoms with Crippen molar-refractivity contribution in [1.82, 2.24) is 0 Å². The molecule has 1 aliphatic rings. The summed E-state index contributed by atoms with van der Waals surface area (Å²) in [6, 6.07) is 21.4. The smallest absolute Gasteiger partial charge is 0.261 e. The van der Waals surface area contributed by atoms with Gasteiger partial charge in [-0.15, -0.1) is 5.54 Å². The molecular weight excluding hydrogens is 505 g/mol. The third kappa shape index (κ3) is 7.43. The van der Waals surface area contributed by atoms with Crippen molar-refractivity contribution >= 4 is 32.5 Å². The van der Waals surface area contributed by atoms with E-state index in [-0.39, 0.29) is 10.8 Å². The van der Waals surface area contributed by atoms with Crippen LogP contribution in [0.3, 0.4) is 0 Å². The second kappa shape index (κ2) is 12.7. The minimum absolute atomic E-state index is 0.0473. The Balaban J connectivity index is 1.70. The third-order valence-electron chi connectivity index (χ3n) is 6.85. The normalized spacial score (nSPS) is 20.8. The fourth-order valence-corrected chi connectivity index (χ4v) is 10.1. The van der Waals surface area contributed by atoms with Crippen LogP contribution in [0, 0.1) is 11.5 Å². The van der Waals surface area contributed by atoms with Crippen molar-refractivity contribution in [3.05, 3.63) is 72.8 Å². The van der Waals surface area contributed by atoms with Crippen molar-refractivity contribution in [2.45, 2.75) is 83.0 Å². The monoisotopic (exact) mass is 548 g/mol. The molecule has 1 heterocycles. The van der Waals surface area contributed by atoms with E-state index in [0.717, 1.165) is 12.8 Å². The first-order chi connectivity index (χ1) is 17.9. The number of ether oxygens (including phenoxy) is 2. The lowest BCUT2D eigenvalue weighted by atomic mass is 9.99. The summed E-state index contributed by atoms with van der Waals surface area (Å²) < 4.78 is 18.8. The highest BCUT2D eigenvalue weighted by atomic mass is 28.4. The molecule has 4 nitrogen and oxygen atoms in total. The Morgan fingerprint density at radius 3 is 2.11 bits per heavy atom. The molecular formula is C32H44O4Si2. The lowest BCUT2D eigenvalue weighted by Gasteiger charge is -2.43. The molecule has 2 aromatic carbocycles. The number of carbonyl (C=O) groups excluding carboxylic acids is 1. The van der Waals surface area contributed by atoms with Crippen molar-refractivity contribution in [2.75, 3.05) is 13.7 Å². The van der Waals surface area contributed by atoms with Gasteiger partial charge < -0.3 is 13.9 Å². The summed E-state index contributed by atoms with van der Waals surface area (Å²) in [5.74, 6) is 2.29. The summed E-state index contributed by atoms with van der Waals surface area (Å²) in [4.78, 5) is 12.6. The highest BCUT2D eigenvalue weighted by molar-refractivity contribution is 6.99. The number of ketones is 1. The maximum Gasteiger partial charge on any atom is 0.261 e. The van der Waals surface area contributed by atoms with Crippen LogP contribution in [0.4, 0.5) is 0 Å². The van der Waals surface area contributed by atoms with Crippen LogP contribution in [0.25, 0.3) is 0 Å². The summed E-state index contributed by atoms with van der Waals surface area (Å²) in [7, 11) is -2.52. The minimum Gasteiger partial charge on any atom is -0.407 e. The van der Waals surface area contributed by atoms with Gasteiger partial charge in [0.2, 0.25) is 5.79 Å². The van der Waals surface area contributed by atoms with E-state index in [2.05, 4.69) is 113 Å². The van der Waals surface area contributed by atoms with Crippen LogP contribution in [0.2, 0.25) is 24.7 Å². The molecule has 0 radical (unpaired) electrons. The Morgan fingerprint density at radius 1 is 1.03 bits per heavy atom. The molecule has 0 bridgehead atoms. The molecule has 0 unspecified atom stereocenters. The average molecular weight is 549 g/mol. The van der Waals surface area contributed by atoms with Gasteiger partial charge in [0.1, 0.15) is 14.2 Å². The van der Waals surface area contributed by atoms with Crippen LogP contribution in [0.15, 0.2) is 72.8 Å². The minimum atomic E-state index is -2.53. The lowest BCUT2D eigenvalue weighted by molar-refractivity contribution is -0.216. The zero-order valence-electron chi connectivity index (χ0n) is 24.2. The molecule has 3 rings (SSSR count). The molecule has 1 fully saturated rings. The van der Waals surface area contributed by atoms with Crippen LogP contribution < -0.4 is 10.4 Å². The van der Waals surface area contributed by atoms with E-state index in [9.17, 15) is 4.79 Å². The number of methoxy groups -OCH3 is 1. The predicted octanol–water partition coefficient (Wildman–Crippen LogP) is 5.87. The Kier molecular flexibility index (Phi) is 10.1. The number of benzene rings is 2. The maximum absolute atomic E-state index is 12.6. The lowest BCUT2D eigenvalue weighted by Crippen LogP contribution is -2.66. The highest BCUT2D eigenvalue weighted by Crippen LogP contribution is 2.37. The predicted molar refractivity (Wildman–Crippen MR) is 162 cm³/mol. The first kappa shape index (κ1) is 30.3.